The standard InChI is InChI=1S/C14H12F2N2O3/c15-10-5-9(14(17)18-20)6-11(16)13(10)21-12-4-2-1-3-8(12)7-19/h1-6,19-20H,7H2,(H2,17,18). The van der Waals surface area contributed by atoms with Gasteiger partial charge in [-0.3, -0.25) is 0 Å². The van der Waals surface area contributed by atoms with Gasteiger partial charge in [-0.15, -0.1) is 0 Å². The minimum Gasteiger partial charge on any atom is -0.451 e. The highest BCUT2D eigenvalue weighted by atomic mass is 19.1. The average molecular weight is 294 g/mol. The van der Waals surface area contributed by atoms with Gasteiger partial charge in [0.1, 0.15) is 5.75 Å². The minimum atomic E-state index is -1.01. The number of nitrogens with two attached hydrogens (primary N) is 1. The number of benzene rings is 2. The van der Waals surface area contributed by atoms with E-state index in [4.69, 9.17) is 20.8 Å². The summed E-state index contributed by atoms with van der Waals surface area (Å²) in [6.07, 6.45) is 0. The Kier molecular flexibility index (Phi) is 4.34. The van der Waals surface area contributed by atoms with Crippen LogP contribution < -0.4 is 10.5 Å². The normalized spacial score (nSPS) is 11.5. The number of rotatable bonds is 4. The highest BCUT2D eigenvalue weighted by Gasteiger charge is 2.16. The molecule has 0 unspecified atom stereocenters. The van der Waals surface area contributed by atoms with Gasteiger partial charge in [0.05, 0.1) is 6.61 Å². The molecule has 0 heterocycles. The fraction of sp³-hybridized carbons (Fsp3) is 0.0714. The van der Waals surface area contributed by atoms with Crippen molar-refractivity contribution in [2.24, 2.45) is 10.9 Å². The van der Waals surface area contributed by atoms with Crippen LogP contribution in [0.15, 0.2) is 41.6 Å². The van der Waals surface area contributed by atoms with Gasteiger partial charge in [0.2, 0.25) is 0 Å². The van der Waals surface area contributed by atoms with Gasteiger partial charge in [0, 0.05) is 11.1 Å². The number of hydrogen-bond acceptors (Lipinski definition) is 4. The third-order valence-electron chi connectivity index (χ3n) is 2.76. The lowest BCUT2D eigenvalue weighted by Crippen LogP contribution is -2.14. The van der Waals surface area contributed by atoms with Crippen LogP contribution in [0, 0.1) is 11.6 Å². The van der Waals surface area contributed by atoms with E-state index in [-0.39, 0.29) is 17.9 Å². The Morgan fingerprint density at radius 1 is 1.19 bits per heavy atom. The predicted molar refractivity (Wildman–Crippen MR) is 71.3 cm³/mol. The highest BCUT2D eigenvalue weighted by Crippen LogP contribution is 2.30. The Bertz CT molecular complexity index is 667. The largest absolute Gasteiger partial charge is 0.451 e. The van der Waals surface area contributed by atoms with E-state index in [1.54, 1.807) is 18.2 Å². The molecule has 7 heteroatoms. The van der Waals surface area contributed by atoms with Crippen molar-refractivity contribution in [1.82, 2.24) is 0 Å². The number of nitrogens with zero attached hydrogens (tertiary/aromatic N) is 1. The molecule has 0 atom stereocenters. The second-order valence-corrected chi connectivity index (χ2v) is 4.12. The van der Waals surface area contributed by atoms with Gasteiger partial charge in [-0.1, -0.05) is 23.4 Å². The van der Waals surface area contributed by atoms with Gasteiger partial charge < -0.3 is 20.8 Å². The Hall–Kier alpha value is -2.67. The summed E-state index contributed by atoms with van der Waals surface area (Å²) in [6.45, 7) is -0.332. The van der Waals surface area contributed by atoms with Gasteiger partial charge in [-0.25, -0.2) is 8.78 Å². The van der Waals surface area contributed by atoms with Crippen LogP contribution >= 0.6 is 0 Å². The molecule has 0 saturated heterocycles. The molecule has 2 aromatic carbocycles. The Balaban J connectivity index is 2.41. The summed E-state index contributed by atoms with van der Waals surface area (Å²) in [6, 6.07) is 8.07. The quantitative estimate of drug-likeness (QED) is 0.349. The lowest BCUT2D eigenvalue weighted by atomic mass is 10.1. The van der Waals surface area contributed by atoms with Crippen LogP contribution in [0.4, 0.5) is 8.78 Å². The monoisotopic (exact) mass is 294 g/mol. The summed E-state index contributed by atoms with van der Waals surface area (Å²) < 4.78 is 33.0. The Labute approximate surface area is 118 Å². The van der Waals surface area contributed by atoms with E-state index in [2.05, 4.69) is 5.16 Å². The van der Waals surface area contributed by atoms with E-state index in [1.807, 2.05) is 0 Å². The Morgan fingerprint density at radius 2 is 1.81 bits per heavy atom. The molecule has 110 valence electrons. The number of aliphatic hydroxyl groups is 1. The molecule has 0 aliphatic carbocycles. The maximum atomic E-state index is 13.9. The Morgan fingerprint density at radius 3 is 2.38 bits per heavy atom. The molecule has 5 nitrogen and oxygen atoms in total. The molecule has 2 rings (SSSR count). The summed E-state index contributed by atoms with van der Waals surface area (Å²) in [5.41, 5.74) is 5.54. The fourth-order valence-corrected chi connectivity index (χ4v) is 1.71. The van der Waals surface area contributed by atoms with E-state index < -0.39 is 23.2 Å². The molecular formula is C14H12F2N2O3. The number of hydrogen-bond donors (Lipinski definition) is 3. The van der Waals surface area contributed by atoms with Crippen molar-refractivity contribution in [3.8, 4) is 11.5 Å². The van der Waals surface area contributed by atoms with Crippen LogP contribution in [0.3, 0.4) is 0 Å². The second kappa shape index (κ2) is 6.19. The lowest BCUT2D eigenvalue weighted by Gasteiger charge is -2.12. The van der Waals surface area contributed by atoms with Crippen LogP contribution in [-0.4, -0.2) is 16.1 Å². The highest BCUT2D eigenvalue weighted by molar-refractivity contribution is 5.97. The third kappa shape index (κ3) is 3.09. The van der Waals surface area contributed by atoms with Gasteiger partial charge >= 0.3 is 0 Å². The van der Waals surface area contributed by atoms with E-state index in [0.717, 1.165) is 12.1 Å². The molecule has 0 saturated carbocycles. The lowest BCUT2D eigenvalue weighted by molar-refractivity contribution is 0.275. The van der Waals surface area contributed by atoms with Crippen molar-refractivity contribution in [1.29, 1.82) is 0 Å². The van der Waals surface area contributed by atoms with Crippen LogP contribution in [-0.2, 0) is 6.61 Å². The molecule has 0 fully saturated rings. The van der Waals surface area contributed by atoms with Crippen molar-refractivity contribution >= 4 is 5.84 Å². The molecule has 0 bridgehead atoms. The van der Waals surface area contributed by atoms with E-state index in [9.17, 15) is 8.78 Å². The van der Waals surface area contributed by atoms with Crippen LogP contribution in [0.25, 0.3) is 0 Å². The van der Waals surface area contributed by atoms with Crippen LogP contribution in [0.1, 0.15) is 11.1 Å². The molecular weight excluding hydrogens is 282 g/mol. The predicted octanol–water partition coefficient (Wildman–Crippen LogP) is 2.34. The van der Waals surface area contributed by atoms with Crippen molar-refractivity contribution in [2.45, 2.75) is 6.61 Å². The first-order valence-corrected chi connectivity index (χ1v) is 5.90. The number of aliphatic hydroxyl groups excluding tert-OH is 1. The van der Waals surface area contributed by atoms with Gasteiger partial charge in [0.25, 0.3) is 0 Å². The molecule has 0 amide bonds. The van der Waals surface area contributed by atoms with Crippen molar-refractivity contribution < 1.29 is 23.8 Å². The zero-order chi connectivity index (χ0) is 15.4. The number of oxime groups is 1. The van der Waals surface area contributed by atoms with Gasteiger partial charge in [0.15, 0.2) is 23.2 Å². The SMILES string of the molecule is N/C(=N/O)c1cc(F)c(Oc2ccccc2CO)c(F)c1. The summed E-state index contributed by atoms with van der Waals surface area (Å²) >= 11 is 0. The zero-order valence-electron chi connectivity index (χ0n) is 10.8. The van der Waals surface area contributed by atoms with Crippen LogP contribution in [0.5, 0.6) is 11.5 Å². The third-order valence-corrected chi connectivity index (χ3v) is 2.76. The molecule has 0 aromatic heterocycles. The van der Waals surface area contributed by atoms with Gasteiger partial charge in [-0.05, 0) is 18.2 Å². The van der Waals surface area contributed by atoms with E-state index in [1.165, 1.54) is 6.07 Å². The molecule has 0 radical (unpaired) electrons. The molecule has 0 aliphatic heterocycles. The summed E-state index contributed by atoms with van der Waals surface area (Å²) in [5, 5.41) is 20.3. The number of ether oxygens (including phenoxy) is 1. The van der Waals surface area contributed by atoms with E-state index in [0.29, 0.717) is 5.56 Å². The zero-order valence-corrected chi connectivity index (χ0v) is 10.8. The number of halogens is 2. The topological polar surface area (TPSA) is 88.1 Å². The summed E-state index contributed by atoms with van der Waals surface area (Å²) in [7, 11) is 0. The number of para-hydroxylation sites is 1. The molecule has 4 N–H and O–H groups in total. The summed E-state index contributed by atoms with van der Waals surface area (Å²) in [4.78, 5) is 0. The first-order chi connectivity index (χ1) is 10.1. The van der Waals surface area contributed by atoms with Crippen molar-refractivity contribution in [3.63, 3.8) is 0 Å². The second-order valence-electron chi connectivity index (χ2n) is 4.12. The minimum absolute atomic E-state index is 0.115. The first kappa shape index (κ1) is 14.7. The molecule has 0 spiro atoms. The number of amidine groups is 1. The summed E-state index contributed by atoms with van der Waals surface area (Å²) in [5.74, 6) is -2.94. The average Bonchev–Trinajstić information content (AvgIpc) is 2.50. The fourth-order valence-electron chi connectivity index (χ4n) is 1.71. The van der Waals surface area contributed by atoms with Crippen LogP contribution in [0.2, 0.25) is 0 Å². The molecule has 2 aromatic rings. The maximum Gasteiger partial charge on any atom is 0.198 e. The van der Waals surface area contributed by atoms with Gasteiger partial charge in [-0.2, -0.15) is 0 Å². The van der Waals surface area contributed by atoms with E-state index >= 15 is 0 Å². The smallest absolute Gasteiger partial charge is 0.198 e. The maximum absolute atomic E-state index is 13.9. The molecule has 0 aliphatic rings. The first-order valence-electron chi connectivity index (χ1n) is 5.90. The van der Waals surface area contributed by atoms with Crippen molar-refractivity contribution in [3.05, 3.63) is 59.2 Å². The van der Waals surface area contributed by atoms with Crippen molar-refractivity contribution in [2.75, 3.05) is 0 Å². The molecule has 21 heavy (non-hydrogen) atoms.